The fourth-order valence-corrected chi connectivity index (χ4v) is 3.20. The van der Waals surface area contributed by atoms with Gasteiger partial charge in [0.15, 0.2) is 5.78 Å². The van der Waals surface area contributed by atoms with E-state index in [0.717, 1.165) is 11.0 Å². The molecule has 12 heteroatoms. The van der Waals surface area contributed by atoms with Gasteiger partial charge in [0.1, 0.15) is 0 Å². The molecule has 1 aromatic heterocycles. The number of rotatable bonds is 7. The first-order chi connectivity index (χ1) is 16.0. The highest BCUT2D eigenvalue weighted by Gasteiger charge is 2.35. The van der Waals surface area contributed by atoms with Crippen LogP contribution in [0.25, 0.3) is 5.69 Å². The van der Waals surface area contributed by atoms with E-state index in [-0.39, 0.29) is 16.9 Å². The summed E-state index contributed by atoms with van der Waals surface area (Å²) in [5, 5.41) is 13.3. The minimum Gasteiger partial charge on any atom is -0.465 e. The maximum Gasteiger partial charge on any atom is 0.418 e. The minimum atomic E-state index is -4.77. The van der Waals surface area contributed by atoms with Gasteiger partial charge in [-0.25, -0.2) is 9.78 Å². The third kappa shape index (κ3) is 5.71. The number of Topliss-reactive ketones (excluding diaryl/α,β-unsaturated/α-hetero) is 1. The first kappa shape index (κ1) is 24.3. The van der Waals surface area contributed by atoms with Gasteiger partial charge in [-0.2, -0.15) is 13.2 Å². The zero-order valence-corrected chi connectivity index (χ0v) is 18.1. The summed E-state index contributed by atoms with van der Waals surface area (Å²) >= 11 is 0. The molecule has 0 unspecified atom stereocenters. The first-order valence-corrected chi connectivity index (χ1v) is 9.79. The van der Waals surface area contributed by atoms with Gasteiger partial charge < -0.3 is 19.9 Å². The molecule has 3 aromatic rings. The SMILES string of the molecule is CN(C)c1cc(NC(=O)O)c(NC(=O)CC(=O)c2cccc(-n3ccnc3)c2)cc1C(F)(F)F. The predicted octanol–water partition coefficient (Wildman–Crippen LogP) is 4.26. The van der Waals surface area contributed by atoms with E-state index in [9.17, 15) is 27.6 Å². The van der Waals surface area contributed by atoms with Crippen LogP contribution in [-0.4, -0.2) is 46.5 Å². The van der Waals surface area contributed by atoms with Gasteiger partial charge in [0.05, 0.1) is 35.4 Å². The third-order valence-corrected chi connectivity index (χ3v) is 4.73. The molecule has 0 fully saturated rings. The topological polar surface area (TPSA) is 117 Å². The number of carbonyl (C=O) groups excluding carboxylic acids is 2. The second-order valence-electron chi connectivity index (χ2n) is 7.41. The van der Waals surface area contributed by atoms with E-state index < -0.39 is 41.6 Å². The van der Waals surface area contributed by atoms with Crippen molar-refractivity contribution in [3.63, 3.8) is 0 Å². The molecule has 0 aliphatic rings. The summed E-state index contributed by atoms with van der Waals surface area (Å²) in [6, 6.07) is 7.98. The number of hydrogen-bond acceptors (Lipinski definition) is 5. The Kier molecular flexibility index (Phi) is 6.89. The lowest BCUT2D eigenvalue weighted by molar-refractivity contribution is -0.137. The molecule has 178 valence electrons. The molecular formula is C22H20F3N5O4. The van der Waals surface area contributed by atoms with Crippen molar-refractivity contribution in [2.75, 3.05) is 29.6 Å². The summed E-state index contributed by atoms with van der Waals surface area (Å²) in [6.45, 7) is 0. The van der Waals surface area contributed by atoms with E-state index in [1.54, 1.807) is 35.2 Å². The van der Waals surface area contributed by atoms with Gasteiger partial charge in [0, 0.05) is 37.7 Å². The van der Waals surface area contributed by atoms with Crippen LogP contribution < -0.4 is 15.5 Å². The highest BCUT2D eigenvalue weighted by atomic mass is 19.4. The average Bonchev–Trinajstić information content (AvgIpc) is 3.28. The van der Waals surface area contributed by atoms with Gasteiger partial charge in [0.25, 0.3) is 0 Å². The fourth-order valence-electron chi connectivity index (χ4n) is 3.20. The largest absolute Gasteiger partial charge is 0.465 e. The predicted molar refractivity (Wildman–Crippen MR) is 119 cm³/mol. The second kappa shape index (κ2) is 9.65. The molecule has 0 bridgehead atoms. The number of nitrogens with one attached hydrogen (secondary N) is 2. The quantitative estimate of drug-likeness (QED) is 0.347. The summed E-state index contributed by atoms with van der Waals surface area (Å²) in [7, 11) is 2.73. The van der Waals surface area contributed by atoms with Crippen LogP contribution in [0.5, 0.6) is 0 Å². The Bertz CT molecular complexity index is 1220. The first-order valence-electron chi connectivity index (χ1n) is 9.79. The number of nitrogens with zero attached hydrogens (tertiary/aromatic N) is 3. The maximum absolute atomic E-state index is 13.6. The molecule has 3 rings (SSSR count). The Balaban J connectivity index is 1.86. The van der Waals surface area contributed by atoms with Crippen LogP contribution >= 0.6 is 0 Å². The number of amides is 2. The zero-order valence-electron chi connectivity index (χ0n) is 18.1. The van der Waals surface area contributed by atoms with E-state index in [0.29, 0.717) is 11.8 Å². The van der Waals surface area contributed by atoms with E-state index >= 15 is 0 Å². The molecule has 1 heterocycles. The Morgan fingerprint density at radius 3 is 2.38 bits per heavy atom. The van der Waals surface area contributed by atoms with E-state index in [1.165, 1.54) is 26.5 Å². The number of benzene rings is 2. The monoisotopic (exact) mass is 475 g/mol. The number of alkyl halides is 3. The highest BCUT2D eigenvalue weighted by Crippen LogP contribution is 2.41. The fraction of sp³-hybridized carbons (Fsp3) is 0.182. The molecule has 0 radical (unpaired) electrons. The lowest BCUT2D eigenvalue weighted by Crippen LogP contribution is -2.21. The van der Waals surface area contributed by atoms with Gasteiger partial charge >= 0.3 is 12.3 Å². The summed E-state index contributed by atoms with van der Waals surface area (Å²) in [4.78, 5) is 41.4. The molecule has 0 saturated carbocycles. The van der Waals surface area contributed by atoms with Crippen LogP contribution in [-0.2, 0) is 11.0 Å². The van der Waals surface area contributed by atoms with Gasteiger partial charge in [0.2, 0.25) is 5.91 Å². The van der Waals surface area contributed by atoms with Crippen molar-refractivity contribution in [3.05, 3.63) is 66.2 Å². The molecule has 3 N–H and O–H groups in total. The van der Waals surface area contributed by atoms with Gasteiger partial charge in [-0.15, -0.1) is 0 Å². The smallest absolute Gasteiger partial charge is 0.418 e. The number of imidazole rings is 1. The van der Waals surface area contributed by atoms with Crippen molar-refractivity contribution >= 4 is 34.8 Å². The van der Waals surface area contributed by atoms with Gasteiger partial charge in [-0.3, -0.25) is 14.9 Å². The molecule has 0 spiro atoms. The second-order valence-corrected chi connectivity index (χ2v) is 7.41. The van der Waals surface area contributed by atoms with Gasteiger partial charge in [-0.05, 0) is 24.3 Å². The summed E-state index contributed by atoms with van der Waals surface area (Å²) < 4.78 is 42.4. The average molecular weight is 475 g/mol. The molecule has 0 saturated heterocycles. The van der Waals surface area contributed by atoms with Crippen molar-refractivity contribution < 1.29 is 32.7 Å². The lowest BCUT2D eigenvalue weighted by atomic mass is 10.1. The number of halogens is 3. The van der Waals surface area contributed by atoms with Crippen LogP contribution in [0, 0.1) is 0 Å². The normalized spacial score (nSPS) is 11.1. The van der Waals surface area contributed by atoms with Crippen molar-refractivity contribution in [3.8, 4) is 5.69 Å². The van der Waals surface area contributed by atoms with Crippen molar-refractivity contribution in [1.29, 1.82) is 0 Å². The Morgan fingerprint density at radius 1 is 1.09 bits per heavy atom. The molecule has 34 heavy (non-hydrogen) atoms. The molecule has 0 aliphatic heterocycles. The van der Waals surface area contributed by atoms with E-state index in [4.69, 9.17) is 5.11 Å². The van der Waals surface area contributed by atoms with Crippen molar-refractivity contribution in [1.82, 2.24) is 9.55 Å². The summed E-state index contributed by atoms with van der Waals surface area (Å²) in [5.74, 6) is -1.48. The van der Waals surface area contributed by atoms with Crippen LogP contribution in [0.3, 0.4) is 0 Å². The lowest BCUT2D eigenvalue weighted by Gasteiger charge is -2.22. The third-order valence-electron chi connectivity index (χ3n) is 4.73. The molecule has 2 aromatic carbocycles. The number of aromatic nitrogens is 2. The number of carbonyl (C=O) groups is 3. The van der Waals surface area contributed by atoms with Crippen molar-refractivity contribution in [2.45, 2.75) is 12.6 Å². The zero-order chi connectivity index (χ0) is 25.0. The minimum absolute atomic E-state index is 0.212. The maximum atomic E-state index is 13.6. The van der Waals surface area contributed by atoms with Crippen LogP contribution in [0.4, 0.5) is 35.0 Å². The molecule has 0 aliphatic carbocycles. The molecule has 9 nitrogen and oxygen atoms in total. The Hall–Kier alpha value is -4.35. The number of anilines is 3. The standard InChI is InChI=1S/C22H20F3N5O4/c1-29(2)18-10-17(28-21(33)34)16(9-15(18)22(23,24)25)27-20(32)11-19(31)13-4-3-5-14(8-13)30-7-6-26-12-30/h3-10,12,28H,11H2,1-2H3,(H,27,32)(H,33,34). The molecular weight excluding hydrogens is 455 g/mol. The van der Waals surface area contributed by atoms with Crippen LogP contribution in [0.2, 0.25) is 0 Å². The van der Waals surface area contributed by atoms with E-state index in [1.807, 2.05) is 5.32 Å². The Labute approximate surface area is 191 Å². The molecule has 0 atom stereocenters. The Morgan fingerprint density at radius 2 is 1.79 bits per heavy atom. The van der Waals surface area contributed by atoms with E-state index in [2.05, 4.69) is 10.3 Å². The van der Waals surface area contributed by atoms with Crippen LogP contribution in [0.15, 0.2) is 55.1 Å². The van der Waals surface area contributed by atoms with Crippen LogP contribution in [0.1, 0.15) is 22.3 Å². The summed E-state index contributed by atoms with van der Waals surface area (Å²) in [5.41, 5.74) is -1.24. The highest BCUT2D eigenvalue weighted by molar-refractivity contribution is 6.12. The number of hydrogen-bond donors (Lipinski definition) is 3. The summed E-state index contributed by atoms with van der Waals surface area (Å²) in [6.07, 6.45) is -2.22. The molecule has 2 amide bonds. The van der Waals surface area contributed by atoms with Crippen molar-refractivity contribution in [2.24, 2.45) is 0 Å². The number of ketones is 1. The number of carboxylic acid groups (broad SMARTS) is 1. The van der Waals surface area contributed by atoms with Gasteiger partial charge in [-0.1, -0.05) is 12.1 Å².